The second-order valence-electron chi connectivity index (χ2n) is 7.56. The number of aromatic nitrogens is 1. The van der Waals surface area contributed by atoms with Crippen LogP contribution in [0, 0.1) is 17.2 Å². The molecule has 0 aromatic carbocycles. The molecule has 0 saturated carbocycles. The van der Waals surface area contributed by atoms with Crippen LogP contribution in [0.15, 0.2) is 6.07 Å². The van der Waals surface area contributed by atoms with Gasteiger partial charge in [-0.1, -0.05) is 0 Å². The summed E-state index contributed by atoms with van der Waals surface area (Å²) in [5.41, 5.74) is 0.828. The van der Waals surface area contributed by atoms with Gasteiger partial charge in [0.25, 0.3) is 0 Å². The van der Waals surface area contributed by atoms with E-state index < -0.39 is 17.9 Å². The molecule has 9 nitrogen and oxygen atoms in total. The lowest BCUT2D eigenvalue weighted by Gasteiger charge is -2.32. The highest BCUT2D eigenvalue weighted by Gasteiger charge is 2.29. The average Bonchev–Trinajstić information content (AvgIpc) is 2.75. The van der Waals surface area contributed by atoms with E-state index in [4.69, 9.17) is 4.74 Å². The smallest absolute Gasteiger partial charge is 0.340 e. The number of hydrogen-bond donors (Lipinski definition) is 1. The van der Waals surface area contributed by atoms with Gasteiger partial charge in [-0.3, -0.25) is 9.59 Å². The lowest BCUT2D eigenvalue weighted by Crippen LogP contribution is -2.38. The van der Waals surface area contributed by atoms with E-state index in [-0.39, 0.29) is 30.2 Å². The quantitative estimate of drug-likeness (QED) is 0.701. The minimum Gasteiger partial charge on any atom is -0.481 e. The van der Waals surface area contributed by atoms with E-state index in [1.54, 1.807) is 11.8 Å². The van der Waals surface area contributed by atoms with Crippen molar-refractivity contribution in [3.8, 4) is 6.07 Å². The molecule has 0 aliphatic carbocycles. The third-order valence-electron chi connectivity index (χ3n) is 5.60. The number of aliphatic carboxylic acids is 1. The zero-order chi connectivity index (χ0) is 21.7. The van der Waals surface area contributed by atoms with Gasteiger partial charge in [0, 0.05) is 26.1 Å². The number of nitriles is 1. The van der Waals surface area contributed by atoms with Crippen LogP contribution in [0.5, 0.6) is 0 Å². The number of carbonyl (C=O) groups excluding carboxylic acids is 2. The van der Waals surface area contributed by atoms with Crippen molar-refractivity contribution in [3.05, 3.63) is 22.9 Å². The van der Waals surface area contributed by atoms with E-state index in [9.17, 15) is 24.8 Å². The molecule has 2 saturated heterocycles. The van der Waals surface area contributed by atoms with Gasteiger partial charge in [0.2, 0.25) is 5.91 Å². The molecule has 1 aromatic heterocycles. The van der Waals surface area contributed by atoms with Crippen molar-refractivity contribution in [3.63, 3.8) is 0 Å². The van der Waals surface area contributed by atoms with Crippen LogP contribution in [0.2, 0.25) is 0 Å². The molecule has 0 spiro atoms. The van der Waals surface area contributed by atoms with Crippen molar-refractivity contribution in [1.82, 2.24) is 9.88 Å². The lowest BCUT2D eigenvalue weighted by molar-refractivity contribution is -0.142. The predicted molar refractivity (Wildman–Crippen MR) is 107 cm³/mol. The summed E-state index contributed by atoms with van der Waals surface area (Å²) in [6.07, 6.45) is 3.14. The topological polar surface area (TPSA) is 124 Å². The summed E-state index contributed by atoms with van der Waals surface area (Å²) in [5, 5.41) is 18.9. The number of piperidine rings is 2. The molecule has 1 N–H and O–H groups in total. The predicted octanol–water partition coefficient (Wildman–Crippen LogP) is 1.94. The molecule has 2 aliphatic rings. The Hall–Kier alpha value is -3.15. The van der Waals surface area contributed by atoms with Crippen molar-refractivity contribution in [1.29, 1.82) is 5.26 Å². The molecule has 0 bridgehead atoms. The van der Waals surface area contributed by atoms with Crippen molar-refractivity contribution >= 4 is 23.7 Å². The Kier molecular flexibility index (Phi) is 6.87. The summed E-state index contributed by atoms with van der Waals surface area (Å²) in [6.45, 7) is 3.58. The molecular formula is C21H26N4O5. The Morgan fingerprint density at radius 2 is 2.03 bits per heavy atom. The molecule has 2 fully saturated rings. The average molecular weight is 414 g/mol. The lowest BCUT2D eigenvalue weighted by atomic mass is 9.96. The normalized spacial score (nSPS) is 17.5. The van der Waals surface area contributed by atoms with Gasteiger partial charge in [-0.25, -0.2) is 9.78 Å². The van der Waals surface area contributed by atoms with Crippen molar-refractivity contribution < 1.29 is 24.2 Å². The minimum absolute atomic E-state index is 0.0195. The Morgan fingerprint density at radius 1 is 1.30 bits per heavy atom. The maximum Gasteiger partial charge on any atom is 0.340 e. The van der Waals surface area contributed by atoms with Gasteiger partial charge in [-0.2, -0.15) is 5.26 Å². The summed E-state index contributed by atoms with van der Waals surface area (Å²) in [6, 6.07) is 3.57. The first-order valence-corrected chi connectivity index (χ1v) is 10.3. The van der Waals surface area contributed by atoms with Crippen LogP contribution in [0.25, 0.3) is 0 Å². The first-order valence-electron chi connectivity index (χ1n) is 10.3. The summed E-state index contributed by atoms with van der Waals surface area (Å²) in [5.74, 6) is -1.35. The molecule has 0 unspecified atom stereocenters. The first-order chi connectivity index (χ1) is 14.4. The second-order valence-corrected chi connectivity index (χ2v) is 7.56. The van der Waals surface area contributed by atoms with Crippen molar-refractivity contribution in [2.75, 3.05) is 31.1 Å². The van der Waals surface area contributed by atoms with E-state index in [0.717, 1.165) is 12.8 Å². The molecule has 160 valence electrons. The molecule has 30 heavy (non-hydrogen) atoms. The highest BCUT2D eigenvalue weighted by atomic mass is 16.5. The van der Waals surface area contributed by atoms with Crippen molar-refractivity contribution in [2.45, 2.75) is 45.6 Å². The Labute approximate surface area is 175 Å². The van der Waals surface area contributed by atoms with Gasteiger partial charge in [0.05, 0.1) is 35.9 Å². The molecule has 3 heterocycles. The van der Waals surface area contributed by atoms with Crippen LogP contribution in [0.3, 0.4) is 0 Å². The van der Waals surface area contributed by atoms with Crippen LogP contribution >= 0.6 is 0 Å². The third-order valence-corrected chi connectivity index (χ3v) is 5.60. The molecule has 2 aliphatic heterocycles. The summed E-state index contributed by atoms with van der Waals surface area (Å²) >= 11 is 0. The number of amides is 1. The fraction of sp³-hybridized carbons (Fsp3) is 0.571. The fourth-order valence-electron chi connectivity index (χ4n) is 3.92. The number of likely N-dealkylation sites (tertiary alicyclic amines) is 1. The number of nitrogens with zero attached hydrogens (tertiary/aromatic N) is 4. The van der Waals surface area contributed by atoms with Crippen LogP contribution < -0.4 is 4.90 Å². The highest BCUT2D eigenvalue weighted by molar-refractivity contribution is 5.92. The fourth-order valence-corrected chi connectivity index (χ4v) is 3.92. The number of carboxylic acid groups (broad SMARTS) is 1. The largest absolute Gasteiger partial charge is 0.481 e. The van der Waals surface area contributed by atoms with Gasteiger partial charge in [-0.05, 0) is 38.7 Å². The van der Waals surface area contributed by atoms with E-state index in [1.807, 2.05) is 4.90 Å². The Bertz CT molecular complexity index is 871. The second kappa shape index (κ2) is 9.57. The van der Waals surface area contributed by atoms with Gasteiger partial charge >= 0.3 is 11.9 Å². The molecular weight excluding hydrogens is 388 g/mol. The number of pyridine rings is 1. The molecule has 1 aromatic rings. The highest BCUT2D eigenvalue weighted by Crippen LogP contribution is 2.28. The van der Waals surface area contributed by atoms with E-state index in [2.05, 4.69) is 11.1 Å². The summed E-state index contributed by atoms with van der Waals surface area (Å²) < 4.78 is 5.14. The SMILES string of the molecule is CCOC(=O)c1cc(C#N)c(N2CCC(C(=O)O)CC2)nc1CN1CCCCC1=O. The van der Waals surface area contributed by atoms with Crippen LogP contribution in [0.1, 0.15) is 60.6 Å². The number of ether oxygens (including phenoxy) is 1. The van der Waals surface area contributed by atoms with E-state index in [1.165, 1.54) is 6.07 Å². The Morgan fingerprint density at radius 3 is 2.63 bits per heavy atom. The molecule has 0 atom stereocenters. The van der Waals surface area contributed by atoms with Crippen LogP contribution in [-0.2, 0) is 20.9 Å². The van der Waals surface area contributed by atoms with Crippen LogP contribution in [0.4, 0.5) is 5.82 Å². The summed E-state index contributed by atoms with van der Waals surface area (Å²) in [4.78, 5) is 44.2. The third kappa shape index (κ3) is 4.70. The number of rotatable bonds is 6. The van der Waals surface area contributed by atoms with Gasteiger partial charge in [0.15, 0.2) is 0 Å². The molecule has 0 radical (unpaired) electrons. The maximum absolute atomic E-state index is 12.5. The summed E-state index contributed by atoms with van der Waals surface area (Å²) in [7, 11) is 0. The number of carboxylic acids is 1. The Balaban J connectivity index is 1.94. The van der Waals surface area contributed by atoms with Gasteiger partial charge in [-0.15, -0.1) is 0 Å². The van der Waals surface area contributed by atoms with Gasteiger partial charge < -0.3 is 19.6 Å². The van der Waals surface area contributed by atoms with Crippen molar-refractivity contribution in [2.24, 2.45) is 5.92 Å². The molecule has 1 amide bonds. The van der Waals surface area contributed by atoms with E-state index in [0.29, 0.717) is 50.4 Å². The van der Waals surface area contributed by atoms with Crippen LogP contribution in [-0.4, -0.2) is 59.1 Å². The maximum atomic E-state index is 12.5. The first kappa shape index (κ1) is 21.6. The molecule has 9 heteroatoms. The number of anilines is 1. The number of esters is 1. The van der Waals surface area contributed by atoms with Gasteiger partial charge in [0.1, 0.15) is 11.9 Å². The minimum atomic E-state index is -0.815. The van der Waals surface area contributed by atoms with E-state index >= 15 is 0 Å². The number of hydrogen-bond acceptors (Lipinski definition) is 7. The standard InChI is InChI=1S/C21H26N4O5/c1-2-30-21(29)16-11-15(12-22)19(24-9-6-14(7-10-24)20(27)28)23-17(16)13-25-8-4-3-5-18(25)26/h11,14H,2-10,13H2,1H3,(H,27,28). The molecule has 3 rings (SSSR count). The number of carbonyl (C=O) groups is 3. The zero-order valence-electron chi connectivity index (χ0n) is 17.1. The monoisotopic (exact) mass is 414 g/mol. The zero-order valence-corrected chi connectivity index (χ0v) is 17.1.